The third-order valence-corrected chi connectivity index (χ3v) is 2.46. The maximum Gasteiger partial charge on any atom is 0.0707 e. The van der Waals surface area contributed by atoms with E-state index in [9.17, 15) is 0 Å². The lowest BCUT2D eigenvalue weighted by atomic mass is 9.78. The van der Waals surface area contributed by atoms with E-state index in [-0.39, 0.29) is 5.41 Å². The van der Waals surface area contributed by atoms with E-state index in [4.69, 9.17) is 11.7 Å². The summed E-state index contributed by atoms with van der Waals surface area (Å²) in [5.74, 6) is 2.60. The van der Waals surface area contributed by atoms with Gasteiger partial charge >= 0.3 is 0 Å². The van der Waals surface area contributed by atoms with Gasteiger partial charge in [-0.05, 0) is 25.8 Å². The zero-order valence-electron chi connectivity index (χ0n) is 7.27. The molecule has 0 saturated carbocycles. The van der Waals surface area contributed by atoms with Gasteiger partial charge in [0.15, 0.2) is 0 Å². The fourth-order valence-electron chi connectivity index (χ4n) is 1.64. The highest BCUT2D eigenvalue weighted by molar-refractivity contribution is 5.04. The van der Waals surface area contributed by atoms with Crippen LogP contribution in [0.15, 0.2) is 0 Å². The summed E-state index contributed by atoms with van der Waals surface area (Å²) in [4.78, 5) is 0. The van der Waals surface area contributed by atoms with Crippen LogP contribution >= 0.6 is 0 Å². The molecule has 0 aromatic carbocycles. The fraction of sp³-hybridized carbons (Fsp3) is 0.700. The van der Waals surface area contributed by atoms with Crippen LogP contribution < -0.4 is 5.32 Å². The van der Waals surface area contributed by atoms with Gasteiger partial charge in [-0.2, -0.15) is 5.26 Å². The van der Waals surface area contributed by atoms with Crippen LogP contribution in [-0.4, -0.2) is 13.1 Å². The highest BCUT2D eigenvalue weighted by Crippen LogP contribution is 2.30. The van der Waals surface area contributed by atoms with Crippen LogP contribution in [0.25, 0.3) is 0 Å². The van der Waals surface area contributed by atoms with Crippen molar-refractivity contribution in [3.63, 3.8) is 0 Å². The number of nitrogens with zero attached hydrogens (tertiary/aromatic N) is 1. The first-order valence-corrected chi connectivity index (χ1v) is 4.38. The maximum absolute atomic E-state index is 9.01. The van der Waals surface area contributed by atoms with Crippen LogP contribution in [0.2, 0.25) is 0 Å². The van der Waals surface area contributed by atoms with Crippen molar-refractivity contribution in [3.05, 3.63) is 0 Å². The summed E-state index contributed by atoms with van der Waals surface area (Å²) in [6.07, 6.45) is 8.83. The number of terminal acetylenes is 1. The Morgan fingerprint density at radius 1 is 1.58 bits per heavy atom. The normalized spacial score (nSPS) is 28.8. The third-order valence-electron chi connectivity index (χ3n) is 2.46. The Morgan fingerprint density at radius 3 is 2.92 bits per heavy atom. The number of nitrogens with one attached hydrogen (secondary N) is 1. The van der Waals surface area contributed by atoms with Crippen LogP contribution in [0.3, 0.4) is 0 Å². The molecule has 0 aromatic heterocycles. The molecule has 1 atom stereocenters. The van der Waals surface area contributed by atoms with Gasteiger partial charge in [-0.1, -0.05) is 0 Å². The van der Waals surface area contributed by atoms with E-state index in [1.807, 2.05) is 0 Å². The largest absolute Gasteiger partial charge is 0.315 e. The maximum atomic E-state index is 9.01. The SMILES string of the molecule is C#CCCC1(C#N)CCCNC1. The molecule has 0 bridgehead atoms. The van der Waals surface area contributed by atoms with Crippen molar-refractivity contribution in [2.75, 3.05) is 13.1 Å². The molecule has 1 N–H and O–H groups in total. The van der Waals surface area contributed by atoms with E-state index in [1.54, 1.807) is 0 Å². The first-order valence-electron chi connectivity index (χ1n) is 4.38. The molecule has 1 fully saturated rings. The minimum Gasteiger partial charge on any atom is -0.315 e. The zero-order valence-corrected chi connectivity index (χ0v) is 7.27. The van der Waals surface area contributed by atoms with Gasteiger partial charge in [-0.15, -0.1) is 12.3 Å². The molecule has 0 aromatic rings. The molecule has 12 heavy (non-hydrogen) atoms. The summed E-state index contributed by atoms with van der Waals surface area (Å²) in [6.45, 7) is 1.85. The van der Waals surface area contributed by atoms with E-state index in [1.165, 1.54) is 0 Å². The van der Waals surface area contributed by atoms with E-state index in [2.05, 4.69) is 17.3 Å². The average molecular weight is 162 g/mol. The summed E-state index contributed by atoms with van der Waals surface area (Å²) in [7, 11) is 0. The standard InChI is InChI=1S/C10H14N2/c1-2-3-5-10(8-11)6-4-7-12-9-10/h1,12H,3-7,9H2. The highest BCUT2D eigenvalue weighted by atomic mass is 14.9. The predicted octanol–water partition coefficient (Wildman–Crippen LogP) is 1.29. The van der Waals surface area contributed by atoms with Crippen LogP contribution in [0.1, 0.15) is 25.7 Å². The van der Waals surface area contributed by atoms with E-state index in [0.717, 1.165) is 38.8 Å². The lowest BCUT2D eigenvalue weighted by Gasteiger charge is -2.30. The molecular formula is C10H14N2. The smallest absolute Gasteiger partial charge is 0.0707 e. The summed E-state index contributed by atoms with van der Waals surface area (Å²) >= 11 is 0. The van der Waals surface area contributed by atoms with E-state index >= 15 is 0 Å². The van der Waals surface area contributed by atoms with Gasteiger partial charge in [0.05, 0.1) is 11.5 Å². The lowest BCUT2D eigenvalue weighted by molar-refractivity contribution is 0.272. The summed E-state index contributed by atoms with van der Waals surface area (Å²) in [5.41, 5.74) is -0.176. The van der Waals surface area contributed by atoms with E-state index in [0.29, 0.717) is 0 Å². The van der Waals surface area contributed by atoms with Crippen LogP contribution in [0.4, 0.5) is 0 Å². The number of hydrogen-bond acceptors (Lipinski definition) is 2. The Kier molecular flexibility index (Phi) is 3.14. The van der Waals surface area contributed by atoms with Crippen LogP contribution in [0.5, 0.6) is 0 Å². The van der Waals surface area contributed by atoms with Gasteiger partial charge in [0.25, 0.3) is 0 Å². The van der Waals surface area contributed by atoms with Crippen molar-refractivity contribution >= 4 is 0 Å². The minimum absolute atomic E-state index is 0.176. The van der Waals surface area contributed by atoms with E-state index < -0.39 is 0 Å². The summed E-state index contributed by atoms with van der Waals surface area (Å²) < 4.78 is 0. The summed E-state index contributed by atoms with van der Waals surface area (Å²) in [5, 5.41) is 12.3. The molecule has 1 heterocycles. The molecule has 1 aliphatic heterocycles. The topological polar surface area (TPSA) is 35.8 Å². The monoisotopic (exact) mass is 162 g/mol. The molecule has 1 rings (SSSR count). The average Bonchev–Trinajstić information content (AvgIpc) is 2.16. The number of rotatable bonds is 2. The van der Waals surface area contributed by atoms with Crippen LogP contribution in [0, 0.1) is 29.1 Å². The summed E-state index contributed by atoms with van der Waals surface area (Å²) in [6, 6.07) is 2.39. The Labute approximate surface area is 74.0 Å². The third kappa shape index (κ3) is 2.00. The van der Waals surface area contributed by atoms with Gasteiger partial charge < -0.3 is 5.32 Å². The molecule has 0 spiro atoms. The fourth-order valence-corrected chi connectivity index (χ4v) is 1.64. The first kappa shape index (κ1) is 9.10. The molecule has 2 nitrogen and oxygen atoms in total. The Morgan fingerprint density at radius 2 is 2.42 bits per heavy atom. The molecular weight excluding hydrogens is 148 g/mol. The van der Waals surface area contributed by atoms with Gasteiger partial charge in [0, 0.05) is 13.0 Å². The second-order valence-corrected chi connectivity index (χ2v) is 3.38. The molecule has 1 saturated heterocycles. The van der Waals surface area contributed by atoms with Crippen molar-refractivity contribution in [1.82, 2.24) is 5.32 Å². The van der Waals surface area contributed by atoms with Gasteiger partial charge in [-0.3, -0.25) is 0 Å². The van der Waals surface area contributed by atoms with Gasteiger partial charge in [0.1, 0.15) is 0 Å². The second-order valence-electron chi connectivity index (χ2n) is 3.38. The molecule has 0 radical (unpaired) electrons. The molecule has 0 aliphatic carbocycles. The van der Waals surface area contributed by atoms with Crippen molar-refractivity contribution in [3.8, 4) is 18.4 Å². The van der Waals surface area contributed by atoms with Crippen molar-refractivity contribution in [2.24, 2.45) is 5.41 Å². The minimum atomic E-state index is -0.176. The van der Waals surface area contributed by atoms with Gasteiger partial charge in [0.2, 0.25) is 0 Å². The lowest BCUT2D eigenvalue weighted by Crippen LogP contribution is -2.38. The molecule has 0 amide bonds. The Balaban J connectivity index is 2.51. The molecule has 1 unspecified atom stereocenters. The number of hydrogen-bond donors (Lipinski definition) is 1. The van der Waals surface area contributed by atoms with Crippen LogP contribution in [-0.2, 0) is 0 Å². The molecule has 64 valence electrons. The Bertz CT molecular complexity index is 213. The number of nitriles is 1. The zero-order chi connectivity index (χ0) is 8.86. The van der Waals surface area contributed by atoms with Gasteiger partial charge in [-0.25, -0.2) is 0 Å². The highest BCUT2D eigenvalue weighted by Gasteiger charge is 2.30. The molecule has 1 aliphatic rings. The van der Waals surface area contributed by atoms with Crippen molar-refractivity contribution < 1.29 is 0 Å². The van der Waals surface area contributed by atoms with Crippen molar-refractivity contribution in [1.29, 1.82) is 5.26 Å². The first-order chi connectivity index (χ1) is 5.83. The predicted molar refractivity (Wildman–Crippen MR) is 48.2 cm³/mol. The number of piperidine rings is 1. The van der Waals surface area contributed by atoms with Crippen molar-refractivity contribution in [2.45, 2.75) is 25.7 Å². The quantitative estimate of drug-likeness (QED) is 0.621. The Hall–Kier alpha value is -0.990. The molecule has 2 heteroatoms. The second kappa shape index (κ2) is 4.14.